The molecule has 2 aromatic carbocycles. The third-order valence-electron chi connectivity index (χ3n) is 3.16. The summed E-state index contributed by atoms with van der Waals surface area (Å²) in [6.45, 7) is 0. The molecule has 1 aromatic heterocycles. The first kappa shape index (κ1) is 12.6. The number of nitrogens with zero attached hydrogens (tertiary/aromatic N) is 1. The number of rotatable bonds is 2. The van der Waals surface area contributed by atoms with Gasteiger partial charge in [-0.1, -0.05) is 30.3 Å². The minimum atomic E-state index is -0.620. The first-order valence-electron chi connectivity index (χ1n) is 6.03. The topological polar surface area (TPSA) is 33.1 Å². The normalized spacial score (nSPS) is 12.5. The Bertz CT molecular complexity index is 704. The Hall–Kier alpha value is -1.46. The largest absolute Gasteiger partial charge is 0.384 e. The summed E-state index contributed by atoms with van der Waals surface area (Å²) in [5.41, 5.74) is 2.70. The fourth-order valence-corrected chi connectivity index (χ4v) is 2.55. The number of hydrogen-bond acceptors (Lipinski definition) is 2. The number of aromatic nitrogens is 1. The maximum absolute atomic E-state index is 10.6. The lowest BCUT2D eigenvalue weighted by atomic mass is 9.98. The van der Waals surface area contributed by atoms with E-state index in [0.29, 0.717) is 0 Å². The molecule has 3 heteroatoms. The average Bonchev–Trinajstić information content (AvgIpc) is 2.47. The van der Waals surface area contributed by atoms with Crippen molar-refractivity contribution < 1.29 is 5.11 Å². The number of halogens is 1. The summed E-state index contributed by atoms with van der Waals surface area (Å²) in [4.78, 5) is 4.32. The standard InChI is InChI=1S/C16H12INO/c17-12-8-6-11(7-9-12)16(19)14-3-1-5-15-13(14)4-2-10-18-15/h1-10,16,19H. The monoisotopic (exact) mass is 361 g/mol. The molecule has 0 aliphatic heterocycles. The van der Waals surface area contributed by atoms with Crippen molar-refractivity contribution in [2.75, 3.05) is 0 Å². The zero-order valence-electron chi connectivity index (χ0n) is 10.1. The molecule has 1 N–H and O–H groups in total. The lowest BCUT2D eigenvalue weighted by molar-refractivity contribution is 0.222. The van der Waals surface area contributed by atoms with Crippen LogP contribution in [0.25, 0.3) is 10.9 Å². The van der Waals surface area contributed by atoms with E-state index >= 15 is 0 Å². The number of aliphatic hydroxyl groups excluding tert-OH is 1. The maximum Gasteiger partial charge on any atom is 0.105 e. The zero-order chi connectivity index (χ0) is 13.2. The summed E-state index contributed by atoms with van der Waals surface area (Å²) in [5, 5.41) is 11.5. The van der Waals surface area contributed by atoms with Crippen LogP contribution in [-0.4, -0.2) is 10.1 Å². The number of benzene rings is 2. The second kappa shape index (κ2) is 5.27. The first-order chi connectivity index (χ1) is 9.25. The first-order valence-corrected chi connectivity index (χ1v) is 7.11. The number of hydrogen-bond donors (Lipinski definition) is 1. The van der Waals surface area contributed by atoms with Gasteiger partial charge in [-0.15, -0.1) is 0 Å². The molecule has 1 unspecified atom stereocenters. The molecule has 3 rings (SSSR count). The maximum atomic E-state index is 10.6. The summed E-state index contributed by atoms with van der Waals surface area (Å²) in [7, 11) is 0. The van der Waals surface area contributed by atoms with E-state index in [1.165, 1.54) is 0 Å². The Morgan fingerprint density at radius 2 is 1.74 bits per heavy atom. The number of aliphatic hydroxyl groups is 1. The summed E-state index contributed by atoms with van der Waals surface area (Å²) in [6, 6.07) is 17.7. The molecule has 1 atom stereocenters. The molecular formula is C16H12INO. The van der Waals surface area contributed by atoms with Crippen molar-refractivity contribution in [1.82, 2.24) is 4.98 Å². The number of pyridine rings is 1. The SMILES string of the molecule is OC(c1ccc(I)cc1)c1cccc2ncccc12. The fourth-order valence-electron chi connectivity index (χ4n) is 2.19. The Morgan fingerprint density at radius 1 is 0.947 bits per heavy atom. The van der Waals surface area contributed by atoms with Gasteiger partial charge >= 0.3 is 0 Å². The summed E-state index contributed by atoms with van der Waals surface area (Å²) in [5.74, 6) is 0. The second-order valence-electron chi connectivity index (χ2n) is 4.37. The van der Waals surface area contributed by atoms with Gasteiger partial charge in [0.05, 0.1) is 5.52 Å². The van der Waals surface area contributed by atoms with Gasteiger partial charge in [-0.2, -0.15) is 0 Å². The minimum Gasteiger partial charge on any atom is -0.384 e. The highest BCUT2D eigenvalue weighted by Crippen LogP contribution is 2.28. The average molecular weight is 361 g/mol. The van der Waals surface area contributed by atoms with Crippen molar-refractivity contribution >= 4 is 33.5 Å². The summed E-state index contributed by atoms with van der Waals surface area (Å²) in [6.07, 6.45) is 1.15. The van der Waals surface area contributed by atoms with E-state index in [2.05, 4.69) is 27.6 Å². The second-order valence-corrected chi connectivity index (χ2v) is 5.62. The van der Waals surface area contributed by atoms with Crippen LogP contribution in [-0.2, 0) is 0 Å². The Morgan fingerprint density at radius 3 is 2.53 bits per heavy atom. The van der Waals surface area contributed by atoms with Crippen molar-refractivity contribution in [3.63, 3.8) is 0 Å². The Balaban J connectivity index is 2.11. The van der Waals surface area contributed by atoms with Gasteiger partial charge in [-0.3, -0.25) is 4.98 Å². The molecule has 0 aliphatic carbocycles. The highest BCUT2D eigenvalue weighted by molar-refractivity contribution is 14.1. The van der Waals surface area contributed by atoms with Crippen LogP contribution in [0, 0.1) is 3.57 Å². The highest BCUT2D eigenvalue weighted by atomic mass is 127. The molecule has 0 bridgehead atoms. The van der Waals surface area contributed by atoms with E-state index < -0.39 is 6.10 Å². The lowest BCUT2D eigenvalue weighted by Crippen LogP contribution is -2.00. The number of fused-ring (bicyclic) bond motifs is 1. The molecule has 94 valence electrons. The molecule has 0 saturated heterocycles. The van der Waals surface area contributed by atoms with Gasteiger partial charge in [0.1, 0.15) is 6.10 Å². The van der Waals surface area contributed by atoms with Gasteiger partial charge in [0.15, 0.2) is 0 Å². The third-order valence-corrected chi connectivity index (χ3v) is 3.88. The molecule has 19 heavy (non-hydrogen) atoms. The Labute approximate surface area is 125 Å². The van der Waals surface area contributed by atoms with E-state index in [4.69, 9.17) is 0 Å². The molecule has 0 saturated carbocycles. The van der Waals surface area contributed by atoms with E-state index in [9.17, 15) is 5.11 Å². The van der Waals surface area contributed by atoms with E-state index in [-0.39, 0.29) is 0 Å². The van der Waals surface area contributed by atoms with Crippen molar-refractivity contribution in [3.05, 3.63) is 75.5 Å². The van der Waals surface area contributed by atoms with Crippen molar-refractivity contribution in [2.24, 2.45) is 0 Å². The van der Waals surface area contributed by atoms with Crippen LogP contribution in [0.3, 0.4) is 0 Å². The summed E-state index contributed by atoms with van der Waals surface area (Å²) >= 11 is 2.26. The predicted molar refractivity (Wildman–Crippen MR) is 85.0 cm³/mol. The predicted octanol–water partition coefficient (Wildman–Crippen LogP) is 3.92. The highest BCUT2D eigenvalue weighted by Gasteiger charge is 2.13. The fraction of sp³-hybridized carbons (Fsp3) is 0.0625. The minimum absolute atomic E-state index is 0.620. The van der Waals surface area contributed by atoms with Gasteiger partial charge in [-0.05, 0) is 58.0 Å². The van der Waals surface area contributed by atoms with Crippen LogP contribution >= 0.6 is 22.6 Å². The van der Waals surface area contributed by atoms with E-state index in [1.807, 2.05) is 54.6 Å². The van der Waals surface area contributed by atoms with Gasteiger partial charge in [0, 0.05) is 15.2 Å². The van der Waals surface area contributed by atoms with Crippen LogP contribution in [0.4, 0.5) is 0 Å². The van der Waals surface area contributed by atoms with Crippen molar-refractivity contribution in [3.8, 4) is 0 Å². The van der Waals surface area contributed by atoms with Gasteiger partial charge < -0.3 is 5.11 Å². The smallest absolute Gasteiger partial charge is 0.105 e. The van der Waals surface area contributed by atoms with Crippen LogP contribution in [0.1, 0.15) is 17.2 Å². The van der Waals surface area contributed by atoms with Crippen LogP contribution in [0.5, 0.6) is 0 Å². The van der Waals surface area contributed by atoms with Crippen molar-refractivity contribution in [1.29, 1.82) is 0 Å². The molecule has 2 nitrogen and oxygen atoms in total. The van der Waals surface area contributed by atoms with Gasteiger partial charge in [0.25, 0.3) is 0 Å². The van der Waals surface area contributed by atoms with E-state index in [0.717, 1.165) is 25.6 Å². The Kier molecular flexibility index (Phi) is 3.48. The zero-order valence-corrected chi connectivity index (χ0v) is 12.3. The molecule has 0 amide bonds. The molecule has 3 aromatic rings. The molecule has 0 aliphatic rings. The quantitative estimate of drug-likeness (QED) is 0.702. The van der Waals surface area contributed by atoms with Gasteiger partial charge in [-0.25, -0.2) is 0 Å². The molecule has 1 heterocycles. The molecule has 0 fully saturated rings. The lowest BCUT2D eigenvalue weighted by Gasteiger charge is -2.14. The van der Waals surface area contributed by atoms with Crippen LogP contribution in [0.2, 0.25) is 0 Å². The molecule has 0 spiro atoms. The molecular weight excluding hydrogens is 349 g/mol. The summed E-state index contributed by atoms with van der Waals surface area (Å²) < 4.78 is 1.16. The van der Waals surface area contributed by atoms with Gasteiger partial charge in [0.2, 0.25) is 0 Å². The van der Waals surface area contributed by atoms with E-state index in [1.54, 1.807) is 6.20 Å². The van der Waals surface area contributed by atoms with Crippen LogP contribution < -0.4 is 0 Å². The van der Waals surface area contributed by atoms with Crippen LogP contribution in [0.15, 0.2) is 60.8 Å². The van der Waals surface area contributed by atoms with Crippen molar-refractivity contribution in [2.45, 2.75) is 6.10 Å². The molecule has 0 radical (unpaired) electrons. The third kappa shape index (κ3) is 2.48.